The van der Waals surface area contributed by atoms with Crippen LogP contribution in [0.25, 0.3) is 27.4 Å². The van der Waals surface area contributed by atoms with Gasteiger partial charge in [-0.15, -0.1) is 11.3 Å². The number of carbonyl (C=O) groups excluding carboxylic acids is 1. The molecule has 0 aliphatic carbocycles. The SMILES string of the molecule is Cc1sc2ncn(NC(=O)/C=C/c3ccco3)c(=O)c2c1-c1ccccc1. The Balaban J connectivity index is 1.72. The van der Waals surface area contributed by atoms with E-state index < -0.39 is 5.91 Å². The van der Waals surface area contributed by atoms with Crippen molar-refractivity contribution >= 4 is 33.5 Å². The number of fused-ring (bicyclic) bond motifs is 1. The van der Waals surface area contributed by atoms with Gasteiger partial charge in [0.1, 0.15) is 16.9 Å². The van der Waals surface area contributed by atoms with E-state index in [1.807, 2.05) is 37.3 Å². The molecule has 3 aromatic heterocycles. The van der Waals surface area contributed by atoms with E-state index in [4.69, 9.17) is 4.42 Å². The molecule has 0 spiro atoms. The predicted octanol–water partition coefficient (Wildman–Crippen LogP) is 3.81. The van der Waals surface area contributed by atoms with Gasteiger partial charge in [-0.25, -0.2) is 9.66 Å². The first-order valence-electron chi connectivity index (χ1n) is 8.22. The van der Waals surface area contributed by atoms with Crippen LogP contribution in [0.15, 0.2) is 70.3 Å². The van der Waals surface area contributed by atoms with Crippen molar-refractivity contribution in [3.63, 3.8) is 0 Å². The lowest BCUT2D eigenvalue weighted by molar-refractivity contribution is -0.112. The Morgan fingerprint density at radius 2 is 2.04 bits per heavy atom. The first-order chi connectivity index (χ1) is 13.1. The molecule has 0 saturated carbocycles. The molecule has 1 amide bonds. The lowest BCUT2D eigenvalue weighted by atomic mass is 10.0. The fourth-order valence-electron chi connectivity index (χ4n) is 2.83. The molecule has 3 heterocycles. The maximum atomic E-state index is 13.0. The molecule has 0 unspecified atom stereocenters. The number of furan rings is 1. The zero-order valence-electron chi connectivity index (χ0n) is 14.4. The third-order valence-corrected chi connectivity index (χ3v) is 5.04. The summed E-state index contributed by atoms with van der Waals surface area (Å²) in [7, 11) is 0. The number of amides is 1. The van der Waals surface area contributed by atoms with Gasteiger partial charge in [-0.3, -0.25) is 15.0 Å². The number of aryl methyl sites for hydroxylation is 1. The molecular weight excluding hydrogens is 362 g/mol. The normalized spacial score (nSPS) is 11.3. The van der Waals surface area contributed by atoms with Gasteiger partial charge in [0.15, 0.2) is 0 Å². The molecule has 4 aromatic rings. The van der Waals surface area contributed by atoms with E-state index in [0.29, 0.717) is 16.0 Å². The summed E-state index contributed by atoms with van der Waals surface area (Å²) in [6, 6.07) is 13.1. The third-order valence-electron chi connectivity index (χ3n) is 4.02. The second-order valence-electron chi connectivity index (χ2n) is 5.82. The van der Waals surface area contributed by atoms with Gasteiger partial charge in [0.05, 0.1) is 11.6 Å². The number of benzene rings is 1. The van der Waals surface area contributed by atoms with Crippen molar-refractivity contribution in [1.82, 2.24) is 9.66 Å². The largest absolute Gasteiger partial charge is 0.465 e. The van der Waals surface area contributed by atoms with Crippen molar-refractivity contribution in [3.8, 4) is 11.1 Å². The van der Waals surface area contributed by atoms with Crippen LogP contribution in [-0.2, 0) is 4.79 Å². The number of thiophene rings is 1. The van der Waals surface area contributed by atoms with Crippen molar-refractivity contribution in [3.05, 3.63) is 82.1 Å². The number of carbonyl (C=O) groups is 1. The van der Waals surface area contributed by atoms with Crippen LogP contribution in [-0.4, -0.2) is 15.6 Å². The minimum atomic E-state index is -0.456. The van der Waals surface area contributed by atoms with E-state index in [0.717, 1.165) is 20.7 Å². The molecule has 134 valence electrons. The average Bonchev–Trinajstić information content (AvgIpc) is 3.30. The molecule has 0 bridgehead atoms. The zero-order chi connectivity index (χ0) is 18.8. The Hall–Kier alpha value is -3.45. The standard InChI is InChI=1S/C20H15N3O3S/c1-13-17(14-6-3-2-4-7-14)18-19(27-13)21-12-23(20(18)25)22-16(24)10-9-15-8-5-11-26-15/h2-12H,1H3,(H,22,24)/b10-9+. The molecule has 27 heavy (non-hydrogen) atoms. The fourth-order valence-corrected chi connectivity index (χ4v) is 3.84. The van der Waals surface area contributed by atoms with Crippen molar-refractivity contribution < 1.29 is 9.21 Å². The molecule has 0 aliphatic heterocycles. The van der Waals surface area contributed by atoms with Crippen LogP contribution >= 0.6 is 11.3 Å². The van der Waals surface area contributed by atoms with Gasteiger partial charge in [-0.1, -0.05) is 30.3 Å². The maximum Gasteiger partial charge on any atom is 0.281 e. The topological polar surface area (TPSA) is 77.1 Å². The van der Waals surface area contributed by atoms with Gasteiger partial charge >= 0.3 is 0 Å². The molecule has 0 fully saturated rings. The summed E-state index contributed by atoms with van der Waals surface area (Å²) >= 11 is 1.46. The quantitative estimate of drug-likeness (QED) is 0.549. The molecule has 0 radical (unpaired) electrons. The second-order valence-corrected chi connectivity index (χ2v) is 7.03. The number of aromatic nitrogens is 2. The maximum absolute atomic E-state index is 13.0. The number of hydrogen-bond acceptors (Lipinski definition) is 5. The molecule has 1 aromatic carbocycles. The van der Waals surface area contributed by atoms with E-state index >= 15 is 0 Å². The average molecular weight is 377 g/mol. The van der Waals surface area contributed by atoms with E-state index in [1.54, 1.807) is 12.1 Å². The highest BCUT2D eigenvalue weighted by molar-refractivity contribution is 7.19. The van der Waals surface area contributed by atoms with Crippen LogP contribution in [0.1, 0.15) is 10.6 Å². The van der Waals surface area contributed by atoms with Gasteiger partial charge in [-0.05, 0) is 30.7 Å². The van der Waals surface area contributed by atoms with E-state index in [-0.39, 0.29) is 5.56 Å². The van der Waals surface area contributed by atoms with Crippen LogP contribution in [0, 0.1) is 6.92 Å². The first-order valence-corrected chi connectivity index (χ1v) is 9.04. The minimum Gasteiger partial charge on any atom is -0.465 e. The Labute approximate surface area is 158 Å². The summed E-state index contributed by atoms with van der Waals surface area (Å²) in [5.41, 5.74) is 4.01. The molecule has 1 N–H and O–H groups in total. The molecule has 6 nitrogen and oxygen atoms in total. The monoisotopic (exact) mass is 377 g/mol. The highest BCUT2D eigenvalue weighted by atomic mass is 32.1. The van der Waals surface area contributed by atoms with Gasteiger partial charge in [-0.2, -0.15) is 0 Å². The number of hydrogen-bond donors (Lipinski definition) is 1. The summed E-state index contributed by atoms with van der Waals surface area (Å²) in [4.78, 5) is 31.1. The molecule has 4 rings (SSSR count). The fraction of sp³-hybridized carbons (Fsp3) is 0.0500. The smallest absolute Gasteiger partial charge is 0.281 e. The van der Waals surface area contributed by atoms with Crippen LogP contribution in [0.4, 0.5) is 0 Å². The molecule has 0 saturated heterocycles. The Morgan fingerprint density at radius 3 is 2.78 bits per heavy atom. The number of nitrogens with one attached hydrogen (secondary N) is 1. The first kappa shape index (κ1) is 17.0. The summed E-state index contributed by atoms with van der Waals surface area (Å²) in [5.74, 6) is 0.0914. The van der Waals surface area contributed by atoms with Gasteiger partial charge in [0.25, 0.3) is 11.5 Å². The van der Waals surface area contributed by atoms with Crippen molar-refractivity contribution in [1.29, 1.82) is 0 Å². The number of rotatable bonds is 4. The highest BCUT2D eigenvalue weighted by Crippen LogP contribution is 2.35. The van der Waals surface area contributed by atoms with E-state index in [1.165, 1.54) is 36.1 Å². The third kappa shape index (κ3) is 3.32. The summed E-state index contributed by atoms with van der Waals surface area (Å²) in [6.45, 7) is 1.96. The Bertz CT molecular complexity index is 1190. The molecule has 7 heteroatoms. The summed E-state index contributed by atoms with van der Waals surface area (Å²) in [6.07, 6.45) is 5.67. The van der Waals surface area contributed by atoms with Crippen molar-refractivity contribution in [2.24, 2.45) is 0 Å². The van der Waals surface area contributed by atoms with E-state index in [2.05, 4.69) is 10.4 Å². The van der Waals surface area contributed by atoms with Gasteiger partial charge in [0, 0.05) is 16.5 Å². The van der Waals surface area contributed by atoms with Crippen LogP contribution < -0.4 is 11.0 Å². The van der Waals surface area contributed by atoms with Gasteiger partial charge in [0.2, 0.25) is 0 Å². The lowest BCUT2D eigenvalue weighted by Crippen LogP contribution is -2.32. The van der Waals surface area contributed by atoms with Crippen LogP contribution in [0.5, 0.6) is 0 Å². The Kier molecular flexibility index (Phi) is 4.43. The van der Waals surface area contributed by atoms with Crippen LogP contribution in [0.3, 0.4) is 0 Å². The highest BCUT2D eigenvalue weighted by Gasteiger charge is 2.17. The van der Waals surface area contributed by atoms with Gasteiger partial charge < -0.3 is 4.42 Å². The summed E-state index contributed by atoms with van der Waals surface area (Å²) < 4.78 is 6.24. The summed E-state index contributed by atoms with van der Waals surface area (Å²) in [5, 5.41) is 0.501. The van der Waals surface area contributed by atoms with Crippen molar-refractivity contribution in [2.75, 3.05) is 5.43 Å². The molecule has 0 atom stereocenters. The lowest BCUT2D eigenvalue weighted by Gasteiger charge is -2.06. The number of nitrogens with zero attached hydrogens (tertiary/aromatic N) is 2. The molecule has 0 aliphatic rings. The Morgan fingerprint density at radius 1 is 1.22 bits per heavy atom. The van der Waals surface area contributed by atoms with Crippen molar-refractivity contribution in [2.45, 2.75) is 6.92 Å². The predicted molar refractivity (Wildman–Crippen MR) is 106 cm³/mol. The van der Waals surface area contributed by atoms with Crippen LogP contribution in [0.2, 0.25) is 0 Å². The van der Waals surface area contributed by atoms with E-state index in [9.17, 15) is 9.59 Å². The second kappa shape index (κ2) is 7.05. The molecular formula is C20H15N3O3S. The minimum absolute atomic E-state index is 0.317. The zero-order valence-corrected chi connectivity index (χ0v) is 15.2.